The maximum absolute atomic E-state index is 13.1. The second kappa shape index (κ2) is 9.37. The average Bonchev–Trinajstić information content (AvgIpc) is 2.77. The highest BCUT2D eigenvalue weighted by Crippen LogP contribution is 2.29. The molecule has 2 amide bonds. The summed E-state index contributed by atoms with van der Waals surface area (Å²) >= 11 is 0. The number of likely N-dealkylation sites (tertiary alicyclic amines) is 1. The number of rotatable bonds is 7. The van der Waals surface area contributed by atoms with Crippen LogP contribution in [0.1, 0.15) is 31.1 Å². The first-order valence-corrected chi connectivity index (χ1v) is 9.62. The van der Waals surface area contributed by atoms with Gasteiger partial charge in [0, 0.05) is 6.92 Å². The highest BCUT2D eigenvalue weighted by Gasteiger charge is 2.43. The lowest BCUT2D eigenvalue weighted by Gasteiger charge is -2.39. The fourth-order valence-corrected chi connectivity index (χ4v) is 3.32. The molecule has 156 valence electrons. The molecule has 7 heteroatoms. The van der Waals surface area contributed by atoms with Crippen molar-refractivity contribution in [3.63, 3.8) is 0 Å². The van der Waals surface area contributed by atoms with Crippen molar-refractivity contribution in [1.82, 2.24) is 10.2 Å². The number of esters is 1. The quantitative estimate of drug-likeness (QED) is 0.415. The normalized spacial score (nSPS) is 16.6. The maximum atomic E-state index is 13.1. The second-order valence-electron chi connectivity index (χ2n) is 7.10. The highest BCUT2D eigenvalue weighted by molar-refractivity contribution is 6.00. The van der Waals surface area contributed by atoms with Gasteiger partial charge in [-0.05, 0) is 23.6 Å². The number of hydrogen-bond donors (Lipinski definition) is 2. The van der Waals surface area contributed by atoms with E-state index in [9.17, 15) is 19.5 Å². The molecule has 0 aliphatic carbocycles. The Hall–Kier alpha value is -3.45. The van der Waals surface area contributed by atoms with Crippen LogP contribution in [-0.4, -0.2) is 47.0 Å². The van der Waals surface area contributed by atoms with Crippen molar-refractivity contribution in [3.05, 3.63) is 83.1 Å². The molecule has 0 radical (unpaired) electrons. The zero-order valence-electron chi connectivity index (χ0n) is 16.9. The molecule has 1 aliphatic rings. The summed E-state index contributed by atoms with van der Waals surface area (Å²) in [5, 5.41) is 12.1. The standard InChI is InChI=1S/C23H24N2O5/c1-15(14-26)20(25-13-19(22(25)28)24-16(2)27)23(29)30-21(17-9-5-3-6-10-17)18-11-7-4-8-12-18/h3-12,19,21,26H,13-14H2,1-2H3,(H,24,27). The third-order valence-corrected chi connectivity index (χ3v) is 4.84. The predicted octanol–water partition coefficient (Wildman–Crippen LogP) is 1.93. The molecular formula is C23H24N2O5. The zero-order valence-corrected chi connectivity index (χ0v) is 16.9. The van der Waals surface area contributed by atoms with Crippen LogP contribution in [0.15, 0.2) is 71.9 Å². The molecule has 0 bridgehead atoms. The predicted molar refractivity (Wildman–Crippen MR) is 110 cm³/mol. The van der Waals surface area contributed by atoms with Crippen molar-refractivity contribution in [2.45, 2.75) is 26.0 Å². The van der Waals surface area contributed by atoms with Crippen LogP contribution < -0.4 is 5.32 Å². The first-order valence-electron chi connectivity index (χ1n) is 9.62. The van der Waals surface area contributed by atoms with E-state index < -0.39 is 30.6 Å². The third-order valence-electron chi connectivity index (χ3n) is 4.84. The Morgan fingerprint density at radius 2 is 1.60 bits per heavy atom. The van der Waals surface area contributed by atoms with Gasteiger partial charge in [0.2, 0.25) is 5.91 Å². The number of carbonyl (C=O) groups excluding carboxylic acids is 3. The Morgan fingerprint density at radius 3 is 2.03 bits per heavy atom. The molecule has 1 aliphatic heterocycles. The van der Waals surface area contributed by atoms with Gasteiger partial charge >= 0.3 is 5.97 Å². The third kappa shape index (κ3) is 4.58. The van der Waals surface area contributed by atoms with E-state index in [4.69, 9.17) is 4.74 Å². The number of hydrogen-bond acceptors (Lipinski definition) is 5. The summed E-state index contributed by atoms with van der Waals surface area (Å²) in [5.41, 5.74) is 1.88. The second-order valence-corrected chi connectivity index (χ2v) is 7.10. The van der Waals surface area contributed by atoms with Crippen molar-refractivity contribution >= 4 is 17.8 Å². The van der Waals surface area contributed by atoms with E-state index in [-0.39, 0.29) is 18.1 Å². The van der Waals surface area contributed by atoms with Crippen molar-refractivity contribution < 1.29 is 24.2 Å². The number of aliphatic hydroxyl groups excluding tert-OH is 1. The van der Waals surface area contributed by atoms with Crippen LogP contribution in [-0.2, 0) is 19.1 Å². The van der Waals surface area contributed by atoms with Gasteiger partial charge in [0.25, 0.3) is 5.91 Å². The molecule has 1 unspecified atom stereocenters. The summed E-state index contributed by atoms with van der Waals surface area (Å²) < 4.78 is 5.84. The molecule has 1 fully saturated rings. The Bertz CT molecular complexity index is 917. The fourth-order valence-electron chi connectivity index (χ4n) is 3.32. The molecule has 2 N–H and O–H groups in total. The minimum atomic E-state index is -0.714. The van der Waals surface area contributed by atoms with Crippen LogP contribution in [0.2, 0.25) is 0 Å². The number of amides is 2. The summed E-state index contributed by atoms with van der Waals surface area (Å²) in [6.45, 7) is 2.63. The van der Waals surface area contributed by atoms with Gasteiger partial charge in [-0.1, -0.05) is 60.7 Å². The van der Waals surface area contributed by atoms with E-state index >= 15 is 0 Å². The Labute approximate surface area is 175 Å². The number of aliphatic hydroxyl groups is 1. The molecule has 1 saturated heterocycles. The number of nitrogens with zero attached hydrogens (tertiary/aromatic N) is 1. The summed E-state index contributed by atoms with van der Waals surface area (Å²) in [4.78, 5) is 38.1. The average molecular weight is 408 g/mol. The van der Waals surface area contributed by atoms with Gasteiger partial charge in [-0.15, -0.1) is 0 Å². The summed E-state index contributed by atoms with van der Waals surface area (Å²) in [7, 11) is 0. The largest absolute Gasteiger partial charge is 0.448 e. The number of nitrogens with one attached hydrogen (secondary N) is 1. The zero-order chi connectivity index (χ0) is 21.7. The lowest BCUT2D eigenvalue weighted by Crippen LogP contribution is -2.63. The minimum Gasteiger partial charge on any atom is -0.448 e. The molecular weight excluding hydrogens is 384 g/mol. The molecule has 30 heavy (non-hydrogen) atoms. The maximum Gasteiger partial charge on any atom is 0.356 e. The molecule has 3 rings (SSSR count). The molecule has 0 saturated carbocycles. The van der Waals surface area contributed by atoms with Gasteiger partial charge in [0.1, 0.15) is 11.7 Å². The summed E-state index contributed by atoms with van der Waals surface area (Å²) in [6.07, 6.45) is -0.677. The number of ether oxygens (including phenoxy) is 1. The molecule has 0 aromatic heterocycles. The van der Waals surface area contributed by atoms with Gasteiger partial charge in [-0.3, -0.25) is 9.59 Å². The van der Waals surface area contributed by atoms with Crippen LogP contribution in [0.4, 0.5) is 0 Å². The molecule has 2 aromatic carbocycles. The lowest BCUT2D eigenvalue weighted by atomic mass is 10.0. The van der Waals surface area contributed by atoms with Crippen LogP contribution in [0.5, 0.6) is 0 Å². The topological polar surface area (TPSA) is 95.9 Å². The number of carbonyl (C=O) groups is 3. The van der Waals surface area contributed by atoms with E-state index in [1.807, 2.05) is 60.7 Å². The first kappa shape index (κ1) is 21.3. The van der Waals surface area contributed by atoms with Gasteiger partial charge < -0.3 is 20.1 Å². The van der Waals surface area contributed by atoms with Crippen LogP contribution in [0.25, 0.3) is 0 Å². The van der Waals surface area contributed by atoms with E-state index in [1.54, 1.807) is 6.92 Å². The van der Waals surface area contributed by atoms with E-state index in [0.29, 0.717) is 5.57 Å². The smallest absolute Gasteiger partial charge is 0.356 e. The van der Waals surface area contributed by atoms with Crippen molar-refractivity contribution in [1.29, 1.82) is 0 Å². The fraction of sp³-hybridized carbons (Fsp3) is 0.261. The Morgan fingerprint density at radius 1 is 1.07 bits per heavy atom. The first-order chi connectivity index (χ1) is 14.4. The molecule has 7 nitrogen and oxygen atoms in total. The molecule has 0 spiro atoms. The van der Waals surface area contributed by atoms with E-state index in [1.165, 1.54) is 11.8 Å². The van der Waals surface area contributed by atoms with Gasteiger partial charge in [-0.25, -0.2) is 4.79 Å². The van der Waals surface area contributed by atoms with Crippen molar-refractivity contribution in [3.8, 4) is 0 Å². The van der Waals surface area contributed by atoms with Gasteiger partial charge in [0.05, 0.1) is 13.2 Å². The SMILES string of the molecule is CC(=O)NC1CN(C(C(=O)OC(c2ccccc2)c2ccccc2)=C(C)CO)C1=O. The van der Waals surface area contributed by atoms with Crippen LogP contribution in [0.3, 0.4) is 0 Å². The Kier molecular flexibility index (Phi) is 6.64. The lowest BCUT2D eigenvalue weighted by molar-refractivity contribution is -0.153. The number of β-lactam (4-membered cyclic amide) rings is 1. The molecule has 1 atom stereocenters. The highest BCUT2D eigenvalue weighted by atomic mass is 16.5. The summed E-state index contributed by atoms with van der Waals surface area (Å²) in [6, 6.07) is 17.9. The molecule has 1 heterocycles. The van der Waals surface area contributed by atoms with Gasteiger partial charge in [0.15, 0.2) is 6.10 Å². The van der Waals surface area contributed by atoms with Crippen molar-refractivity contribution in [2.24, 2.45) is 0 Å². The van der Waals surface area contributed by atoms with E-state index in [2.05, 4.69) is 5.32 Å². The monoisotopic (exact) mass is 408 g/mol. The van der Waals surface area contributed by atoms with E-state index in [0.717, 1.165) is 11.1 Å². The van der Waals surface area contributed by atoms with Crippen LogP contribution >= 0.6 is 0 Å². The van der Waals surface area contributed by atoms with Crippen molar-refractivity contribution in [2.75, 3.05) is 13.2 Å². The minimum absolute atomic E-state index is 0.000893. The van der Waals surface area contributed by atoms with Gasteiger partial charge in [-0.2, -0.15) is 0 Å². The Balaban J connectivity index is 1.87. The summed E-state index contributed by atoms with van der Waals surface area (Å²) in [5.74, 6) is -1.46. The number of benzene rings is 2. The molecule has 2 aromatic rings. The van der Waals surface area contributed by atoms with Crippen LogP contribution in [0, 0.1) is 0 Å².